The molecule has 5 heteroatoms. The molecule has 2 aromatic heterocycles. The van der Waals surface area contributed by atoms with Gasteiger partial charge >= 0.3 is 0 Å². The summed E-state index contributed by atoms with van der Waals surface area (Å²) in [4.78, 5) is 7.62. The first-order chi connectivity index (χ1) is 7.74. The molecule has 84 valence electrons. The van der Waals surface area contributed by atoms with Gasteiger partial charge in [0, 0.05) is 17.2 Å². The molecule has 0 atom stereocenters. The first kappa shape index (κ1) is 10.5. The summed E-state index contributed by atoms with van der Waals surface area (Å²) in [6, 6.07) is 2.02. The van der Waals surface area contributed by atoms with E-state index in [1.807, 2.05) is 12.3 Å². The van der Waals surface area contributed by atoms with E-state index in [0.717, 1.165) is 32.9 Å². The van der Waals surface area contributed by atoms with Crippen molar-refractivity contribution in [2.75, 3.05) is 0 Å². The second kappa shape index (κ2) is 3.96. The quantitative estimate of drug-likeness (QED) is 0.877. The number of nitrogens with one attached hydrogen (secondary N) is 1. The van der Waals surface area contributed by atoms with Crippen LogP contribution in [0, 0.1) is 10.7 Å². The van der Waals surface area contributed by atoms with Crippen LogP contribution in [0.15, 0.2) is 16.7 Å². The van der Waals surface area contributed by atoms with Crippen molar-refractivity contribution < 1.29 is 0 Å². The van der Waals surface area contributed by atoms with Crippen LogP contribution in [0.3, 0.4) is 0 Å². The molecule has 1 aliphatic carbocycles. The van der Waals surface area contributed by atoms with Gasteiger partial charge in [0.1, 0.15) is 0 Å². The maximum absolute atomic E-state index is 5.32. The van der Waals surface area contributed by atoms with Crippen LogP contribution in [0.5, 0.6) is 0 Å². The number of fused-ring (bicyclic) bond motifs is 1. The lowest BCUT2D eigenvalue weighted by atomic mass is 10.3. The molecule has 0 amide bonds. The van der Waals surface area contributed by atoms with Crippen LogP contribution in [-0.2, 0) is 6.54 Å². The summed E-state index contributed by atoms with van der Waals surface area (Å²) in [5.74, 6) is 0.919. The summed E-state index contributed by atoms with van der Waals surface area (Å²) >= 11 is 8.73. The number of rotatable bonds is 3. The molecule has 2 heterocycles. The molecule has 0 radical (unpaired) electrons. The SMILES string of the molecule is S=c1[nH]c2cc(Br)cnc2n1CCC1CC1. The molecule has 0 saturated heterocycles. The molecular weight excluding hydrogens is 286 g/mol. The van der Waals surface area contributed by atoms with E-state index in [1.165, 1.54) is 19.3 Å². The van der Waals surface area contributed by atoms with E-state index in [2.05, 4.69) is 30.5 Å². The third-order valence-corrected chi connectivity index (χ3v) is 3.79. The van der Waals surface area contributed by atoms with Crippen molar-refractivity contribution in [3.05, 3.63) is 21.5 Å². The fraction of sp³-hybridized carbons (Fsp3) is 0.455. The number of hydrogen-bond donors (Lipinski definition) is 1. The van der Waals surface area contributed by atoms with Gasteiger partial charge in [-0.1, -0.05) is 12.8 Å². The van der Waals surface area contributed by atoms with Gasteiger partial charge in [-0.15, -0.1) is 0 Å². The third kappa shape index (κ3) is 1.94. The van der Waals surface area contributed by atoms with E-state index in [0.29, 0.717) is 0 Å². The van der Waals surface area contributed by atoms with Gasteiger partial charge in [0.05, 0.1) is 5.52 Å². The molecule has 0 spiro atoms. The van der Waals surface area contributed by atoms with Gasteiger partial charge in [-0.25, -0.2) is 4.98 Å². The number of hydrogen-bond acceptors (Lipinski definition) is 2. The summed E-state index contributed by atoms with van der Waals surface area (Å²) < 4.78 is 3.86. The molecule has 16 heavy (non-hydrogen) atoms. The molecule has 3 nitrogen and oxygen atoms in total. The van der Waals surface area contributed by atoms with Gasteiger partial charge in [0.25, 0.3) is 0 Å². The summed E-state index contributed by atoms with van der Waals surface area (Å²) in [7, 11) is 0. The average Bonchev–Trinajstić information content (AvgIpc) is 3.00. The third-order valence-electron chi connectivity index (χ3n) is 3.03. The predicted octanol–water partition coefficient (Wildman–Crippen LogP) is 3.66. The highest BCUT2D eigenvalue weighted by Crippen LogP contribution is 2.33. The number of nitrogens with zero attached hydrogens (tertiary/aromatic N) is 2. The van der Waals surface area contributed by atoms with Crippen LogP contribution < -0.4 is 0 Å². The second-order valence-corrected chi connectivity index (χ2v) is 5.64. The highest BCUT2D eigenvalue weighted by Gasteiger charge is 2.21. The lowest BCUT2D eigenvalue weighted by molar-refractivity contribution is 0.600. The van der Waals surface area contributed by atoms with Crippen molar-refractivity contribution in [1.82, 2.24) is 14.5 Å². The topological polar surface area (TPSA) is 33.6 Å². The fourth-order valence-electron chi connectivity index (χ4n) is 1.94. The molecule has 1 aliphatic rings. The Morgan fingerprint density at radius 3 is 3.12 bits per heavy atom. The first-order valence-electron chi connectivity index (χ1n) is 5.48. The maximum Gasteiger partial charge on any atom is 0.179 e. The number of H-pyrrole nitrogens is 1. The lowest BCUT2D eigenvalue weighted by Gasteiger charge is -2.02. The normalized spacial score (nSPS) is 15.8. The van der Waals surface area contributed by atoms with Crippen molar-refractivity contribution in [2.45, 2.75) is 25.8 Å². The highest BCUT2D eigenvalue weighted by atomic mass is 79.9. The second-order valence-electron chi connectivity index (χ2n) is 4.34. The largest absolute Gasteiger partial charge is 0.329 e. The zero-order valence-corrected chi connectivity index (χ0v) is 11.1. The van der Waals surface area contributed by atoms with E-state index in [9.17, 15) is 0 Å². The van der Waals surface area contributed by atoms with E-state index in [-0.39, 0.29) is 0 Å². The van der Waals surface area contributed by atoms with Gasteiger partial charge in [-0.3, -0.25) is 0 Å². The van der Waals surface area contributed by atoms with E-state index >= 15 is 0 Å². The molecular formula is C11H12BrN3S. The van der Waals surface area contributed by atoms with Crippen molar-refractivity contribution in [2.24, 2.45) is 5.92 Å². The molecule has 2 aromatic rings. The molecule has 0 unspecified atom stereocenters. The Morgan fingerprint density at radius 1 is 1.56 bits per heavy atom. The standard InChI is InChI=1S/C11H12BrN3S/c12-8-5-9-10(13-6-8)15(11(16)14-9)4-3-7-1-2-7/h5-7H,1-4H2,(H,14,16). The zero-order valence-electron chi connectivity index (χ0n) is 8.74. The Bertz CT molecular complexity index is 582. The minimum atomic E-state index is 0.779. The summed E-state index contributed by atoms with van der Waals surface area (Å²) in [6.07, 6.45) is 5.81. The van der Waals surface area contributed by atoms with Crippen LogP contribution in [0.1, 0.15) is 19.3 Å². The van der Waals surface area contributed by atoms with Gasteiger partial charge in [0.2, 0.25) is 0 Å². The Labute approximate surface area is 107 Å². The van der Waals surface area contributed by atoms with Crippen LogP contribution in [0.25, 0.3) is 11.2 Å². The smallest absolute Gasteiger partial charge is 0.179 e. The van der Waals surface area contributed by atoms with Gasteiger partial charge in [-0.05, 0) is 46.6 Å². The van der Waals surface area contributed by atoms with Gasteiger partial charge in [0.15, 0.2) is 10.4 Å². The monoisotopic (exact) mass is 297 g/mol. The average molecular weight is 298 g/mol. The van der Waals surface area contributed by atoms with Crippen LogP contribution in [0.4, 0.5) is 0 Å². The van der Waals surface area contributed by atoms with E-state index in [1.54, 1.807) is 0 Å². The number of halogens is 1. The lowest BCUT2D eigenvalue weighted by Crippen LogP contribution is -1.99. The van der Waals surface area contributed by atoms with Crippen molar-refractivity contribution in [3.8, 4) is 0 Å². The molecule has 1 saturated carbocycles. The Hall–Kier alpha value is -0.680. The molecule has 1 fully saturated rings. The van der Waals surface area contributed by atoms with Gasteiger partial charge in [-0.2, -0.15) is 0 Å². The first-order valence-corrected chi connectivity index (χ1v) is 6.68. The number of pyridine rings is 1. The Balaban J connectivity index is 2.01. The van der Waals surface area contributed by atoms with Gasteiger partial charge < -0.3 is 9.55 Å². The number of aromatic amines is 1. The summed E-state index contributed by atoms with van der Waals surface area (Å²) in [5.41, 5.74) is 1.98. The number of aryl methyl sites for hydroxylation is 1. The highest BCUT2D eigenvalue weighted by molar-refractivity contribution is 9.10. The minimum absolute atomic E-state index is 0.779. The number of imidazole rings is 1. The zero-order chi connectivity index (χ0) is 11.1. The van der Waals surface area contributed by atoms with E-state index in [4.69, 9.17) is 12.2 Å². The fourth-order valence-corrected chi connectivity index (χ4v) is 2.56. The van der Waals surface area contributed by atoms with Crippen molar-refractivity contribution >= 4 is 39.3 Å². The predicted molar refractivity (Wildman–Crippen MR) is 70.0 cm³/mol. The molecule has 0 aliphatic heterocycles. The summed E-state index contributed by atoms with van der Waals surface area (Å²) in [5, 5.41) is 0. The van der Waals surface area contributed by atoms with Crippen LogP contribution in [-0.4, -0.2) is 14.5 Å². The molecule has 1 N–H and O–H groups in total. The number of aromatic nitrogens is 3. The molecule has 0 bridgehead atoms. The van der Waals surface area contributed by atoms with E-state index < -0.39 is 0 Å². The van der Waals surface area contributed by atoms with Crippen LogP contribution in [0.2, 0.25) is 0 Å². The Kier molecular flexibility index (Phi) is 2.59. The minimum Gasteiger partial charge on any atom is -0.329 e. The van der Waals surface area contributed by atoms with Crippen molar-refractivity contribution in [3.63, 3.8) is 0 Å². The Morgan fingerprint density at radius 2 is 2.38 bits per heavy atom. The van der Waals surface area contributed by atoms with Crippen molar-refractivity contribution in [1.29, 1.82) is 0 Å². The molecule has 3 rings (SSSR count). The maximum atomic E-state index is 5.32. The molecule has 0 aromatic carbocycles. The van der Waals surface area contributed by atoms with Crippen LogP contribution >= 0.6 is 28.1 Å². The summed E-state index contributed by atoms with van der Waals surface area (Å²) in [6.45, 7) is 0.984.